The molecule has 0 aliphatic rings. The van der Waals surface area contributed by atoms with Crippen LogP contribution >= 0.6 is 0 Å². The molecule has 0 aromatic carbocycles. The van der Waals surface area contributed by atoms with Gasteiger partial charge < -0.3 is 15.2 Å². The smallest absolute Gasteiger partial charge is 0.220 e. The Balaban J connectivity index is 3.39. The SMILES string of the molecule is CCCCCCCCCCCCCCCCOC[C@H](CO)NC(=O)CCCCCCCCCCCCCCC. The molecule has 0 radical (unpaired) electrons. The van der Waals surface area contributed by atoms with E-state index < -0.39 is 0 Å². The van der Waals surface area contributed by atoms with Gasteiger partial charge in [-0.05, 0) is 12.8 Å². The van der Waals surface area contributed by atoms with Crippen LogP contribution in [0.3, 0.4) is 0 Å². The number of aliphatic hydroxyl groups excluding tert-OH is 1. The monoisotopic (exact) mass is 554 g/mol. The van der Waals surface area contributed by atoms with Crippen molar-refractivity contribution in [3.05, 3.63) is 0 Å². The molecule has 0 rings (SSSR count). The van der Waals surface area contributed by atoms with Crippen LogP contribution in [0.5, 0.6) is 0 Å². The van der Waals surface area contributed by atoms with Crippen LogP contribution in [0.1, 0.15) is 194 Å². The Hall–Kier alpha value is -0.610. The van der Waals surface area contributed by atoms with Crippen molar-refractivity contribution in [2.75, 3.05) is 19.8 Å². The summed E-state index contributed by atoms with van der Waals surface area (Å²) in [5, 5.41) is 12.5. The molecule has 4 nitrogen and oxygen atoms in total. The summed E-state index contributed by atoms with van der Waals surface area (Å²) < 4.78 is 5.74. The predicted octanol–water partition coefficient (Wildman–Crippen LogP) is 10.4. The number of unbranched alkanes of at least 4 members (excludes halogenated alkanes) is 25. The Morgan fingerprint density at radius 3 is 1.23 bits per heavy atom. The maximum atomic E-state index is 12.2. The number of hydrogen-bond acceptors (Lipinski definition) is 3. The van der Waals surface area contributed by atoms with Crippen LogP contribution in [-0.4, -0.2) is 36.9 Å². The van der Waals surface area contributed by atoms with Gasteiger partial charge in [-0.3, -0.25) is 4.79 Å². The van der Waals surface area contributed by atoms with Crippen molar-refractivity contribution in [3.63, 3.8) is 0 Å². The molecule has 0 unspecified atom stereocenters. The van der Waals surface area contributed by atoms with Gasteiger partial charge in [0.05, 0.1) is 19.3 Å². The van der Waals surface area contributed by atoms with Crippen LogP contribution in [0.2, 0.25) is 0 Å². The molecule has 0 saturated heterocycles. The van der Waals surface area contributed by atoms with Gasteiger partial charge in [0.2, 0.25) is 5.91 Å². The van der Waals surface area contributed by atoms with Gasteiger partial charge in [0.1, 0.15) is 0 Å². The van der Waals surface area contributed by atoms with Gasteiger partial charge in [-0.25, -0.2) is 0 Å². The molecule has 4 heteroatoms. The Morgan fingerprint density at radius 2 is 0.872 bits per heavy atom. The van der Waals surface area contributed by atoms with Crippen molar-refractivity contribution in [1.29, 1.82) is 0 Å². The predicted molar refractivity (Wildman–Crippen MR) is 170 cm³/mol. The van der Waals surface area contributed by atoms with Crippen molar-refractivity contribution in [3.8, 4) is 0 Å². The molecule has 0 aliphatic carbocycles. The number of ether oxygens (including phenoxy) is 1. The van der Waals surface area contributed by atoms with E-state index in [1.165, 1.54) is 154 Å². The van der Waals surface area contributed by atoms with Crippen LogP contribution < -0.4 is 5.32 Å². The van der Waals surface area contributed by atoms with E-state index in [0.29, 0.717) is 13.0 Å². The highest BCUT2D eigenvalue weighted by atomic mass is 16.5. The first-order valence-electron chi connectivity index (χ1n) is 17.7. The molecule has 1 atom stereocenters. The van der Waals surface area contributed by atoms with Crippen LogP contribution in [-0.2, 0) is 9.53 Å². The van der Waals surface area contributed by atoms with Gasteiger partial charge in [-0.1, -0.05) is 174 Å². The fraction of sp³-hybridized carbons (Fsp3) is 0.971. The largest absolute Gasteiger partial charge is 0.394 e. The second-order valence-corrected chi connectivity index (χ2v) is 12.1. The Kier molecular flexibility index (Phi) is 33.1. The highest BCUT2D eigenvalue weighted by molar-refractivity contribution is 5.76. The summed E-state index contributed by atoms with van der Waals surface area (Å²) in [6.07, 6.45) is 36.6. The van der Waals surface area contributed by atoms with Crippen molar-refractivity contribution in [2.24, 2.45) is 0 Å². The van der Waals surface area contributed by atoms with Gasteiger partial charge in [-0.2, -0.15) is 0 Å². The van der Waals surface area contributed by atoms with Crippen molar-refractivity contribution in [2.45, 2.75) is 200 Å². The fourth-order valence-electron chi connectivity index (χ4n) is 5.37. The molecule has 0 heterocycles. The molecule has 234 valence electrons. The van der Waals surface area contributed by atoms with E-state index in [4.69, 9.17) is 4.74 Å². The zero-order valence-corrected chi connectivity index (χ0v) is 26.8. The van der Waals surface area contributed by atoms with Gasteiger partial charge in [-0.15, -0.1) is 0 Å². The first kappa shape index (κ1) is 38.4. The summed E-state index contributed by atoms with van der Waals surface area (Å²) >= 11 is 0. The minimum absolute atomic E-state index is 0.0525. The molecule has 0 bridgehead atoms. The van der Waals surface area contributed by atoms with E-state index >= 15 is 0 Å². The maximum absolute atomic E-state index is 12.2. The summed E-state index contributed by atoms with van der Waals surface area (Å²) in [6, 6.07) is -0.272. The molecule has 0 aromatic rings. The van der Waals surface area contributed by atoms with E-state index in [9.17, 15) is 9.90 Å². The maximum Gasteiger partial charge on any atom is 0.220 e. The van der Waals surface area contributed by atoms with E-state index in [0.717, 1.165) is 25.9 Å². The summed E-state index contributed by atoms with van der Waals surface area (Å²) in [6.45, 7) is 5.64. The minimum Gasteiger partial charge on any atom is -0.394 e. The van der Waals surface area contributed by atoms with Crippen LogP contribution in [0, 0.1) is 0 Å². The standard InChI is InChI=1S/C35H71NO3/c1-3-5-7-9-11-13-15-17-19-21-23-25-27-29-31-39-33-34(32-37)36-35(38)30-28-26-24-22-20-18-16-14-12-10-8-6-4-2/h34,37H,3-33H2,1-2H3,(H,36,38)/t34-/m0/s1. The Morgan fingerprint density at radius 1 is 0.538 bits per heavy atom. The van der Waals surface area contributed by atoms with Crippen molar-refractivity contribution >= 4 is 5.91 Å². The third-order valence-electron chi connectivity index (χ3n) is 8.05. The lowest BCUT2D eigenvalue weighted by Gasteiger charge is -2.16. The van der Waals surface area contributed by atoms with E-state index in [2.05, 4.69) is 19.2 Å². The number of carbonyl (C=O) groups excluding carboxylic acids is 1. The average molecular weight is 554 g/mol. The molecular formula is C35H71NO3. The number of carbonyl (C=O) groups is 1. The van der Waals surface area contributed by atoms with Gasteiger partial charge in [0.15, 0.2) is 0 Å². The first-order valence-corrected chi connectivity index (χ1v) is 17.7. The van der Waals surface area contributed by atoms with Gasteiger partial charge in [0.25, 0.3) is 0 Å². The number of rotatable bonds is 33. The third kappa shape index (κ3) is 31.8. The fourth-order valence-corrected chi connectivity index (χ4v) is 5.37. The van der Waals surface area contributed by atoms with Crippen molar-refractivity contribution < 1.29 is 14.6 Å². The topological polar surface area (TPSA) is 58.6 Å². The highest BCUT2D eigenvalue weighted by Gasteiger charge is 2.11. The molecule has 2 N–H and O–H groups in total. The average Bonchev–Trinajstić information content (AvgIpc) is 2.94. The summed E-state index contributed by atoms with van der Waals surface area (Å²) in [5.74, 6) is 0.0530. The number of nitrogens with one attached hydrogen (secondary N) is 1. The normalized spacial score (nSPS) is 12.2. The Bertz CT molecular complexity index is 471. The second kappa shape index (κ2) is 33.6. The van der Waals surface area contributed by atoms with Gasteiger partial charge >= 0.3 is 0 Å². The zero-order valence-electron chi connectivity index (χ0n) is 26.8. The first-order chi connectivity index (χ1) is 19.2. The summed E-state index contributed by atoms with van der Waals surface area (Å²) in [4.78, 5) is 12.2. The lowest BCUT2D eigenvalue weighted by molar-refractivity contribution is -0.122. The molecule has 0 aliphatic heterocycles. The van der Waals surface area contributed by atoms with Crippen LogP contribution in [0.25, 0.3) is 0 Å². The highest BCUT2D eigenvalue weighted by Crippen LogP contribution is 2.14. The Labute approximate surface area is 245 Å². The third-order valence-corrected chi connectivity index (χ3v) is 8.05. The lowest BCUT2D eigenvalue weighted by atomic mass is 10.0. The van der Waals surface area contributed by atoms with Crippen molar-refractivity contribution in [1.82, 2.24) is 5.32 Å². The molecule has 0 saturated carbocycles. The molecule has 0 fully saturated rings. The quantitative estimate of drug-likeness (QED) is 0.0795. The zero-order chi connectivity index (χ0) is 28.5. The lowest BCUT2D eigenvalue weighted by Crippen LogP contribution is -2.40. The molecule has 0 spiro atoms. The van der Waals surface area contributed by atoms with E-state index in [-0.39, 0.29) is 18.6 Å². The van der Waals surface area contributed by atoms with E-state index in [1.807, 2.05) is 0 Å². The minimum atomic E-state index is -0.272. The molecule has 1 amide bonds. The van der Waals surface area contributed by atoms with Crippen LogP contribution in [0.4, 0.5) is 0 Å². The number of hydrogen-bond donors (Lipinski definition) is 2. The molecule has 39 heavy (non-hydrogen) atoms. The van der Waals surface area contributed by atoms with Crippen LogP contribution in [0.15, 0.2) is 0 Å². The van der Waals surface area contributed by atoms with E-state index in [1.54, 1.807) is 0 Å². The molecule has 0 aromatic heterocycles. The summed E-state index contributed by atoms with van der Waals surface area (Å²) in [7, 11) is 0. The second-order valence-electron chi connectivity index (χ2n) is 12.1. The molecular weight excluding hydrogens is 482 g/mol. The number of amides is 1. The van der Waals surface area contributed by atoms with Gasteiger partial charge in [0, 0.05) is 13.0 Å². The number of aliphatic hydroxyl groups is 1. The summed E-state index contributed by atoms with van der Waals surface area (Å²) in [5.41, 5.74) is 0.